The molecule has 1 aromatic heterocycles. The van der Waals surface area contributed by atoms with E-state index >= 15 is 0 Å². The van der Waals surface area contributed by atoms with Crippen LogP contribution >= 0.6 is 11.3 Å². The SMILES string of the molecule is CC(C)CCCCCCNCc1cc(C(=O)O)cs1. The van der Waals surface area contributed by atoms with Gasteiger partial charge in [-0.25, -0.2) is 4.79 Å². The van der Waals surface area contributed by atoms with Crippen LogP contribution in [-0.4, -0.2) is 17.6 Å². The van der Waals surface area contributed by atoms with E-state index in [0.717, 1.165) is 23.9 Å². The van der Waals surface area contributed by atoms with Crippen molar-refractivity contribution in [1.82, 2.24) is 5.32 Å². The van der Waals surface area contributed by atoms with E-state index in [1.165, 1.54) is 43.4 Å². The molecule has 1 heterocycles. The minimum absolute atomic E-state index is 0.399. The second-order valence-electron chi connectivity index (χ2n) is 5.38. The van der Waals surface area contributed by atoms with E-state index in [1.54, 1.807) is 11.4 Å². The van der Waals surface area contributed by atoms with Crippen LogP contribution in [0.3, 0.4) is 0 Å². The van der Waals surface area contributed by atoms with Crippen molar-refractivity contribution in [1.29, 1.82) is 0 Å². The Morgan fingerprint density at radius 1 is 1.32 bits per heavy atom. The van der Waals surface area contributed by atoms with Gasteiger partial charge in [-0.15, -0.1) is 11.3 Å². The molecule has 1 rings (SSSR count). The molecule has 0 radical (unpaired) electrons. The van der Waals surface area contributed by atoms with Crippen molar-refractivity contribution in [3.8, 4) is 0 Å². The maximum absolute atomic E-state index is 10.7. The van der Waals surface area contributed by atoms with Gasteiger partial charge in [-0.3, -0.25) is 0 Å². The average Bonchev–Trinajstić information content (AvgIpc) is 2.81. The number of carboxylic acid groups (broad SMARTS) is 1. The monoisotopic (exact) mass is 283 g/mol. The minimum atomic E-state index is -0.840. The van der Waals surface area contributed by atoms with Crippen LogP contribution < -0.4 is 5.32 Å². The Labute approximate surface area is 120 Å². The zero-order valence-corrected chi connectivity index (χ0v) is 12.8. The van der Waals surface area contributed by atoms with Crippen LogP contribution in [-0.2, 0) is 6.54 Å². The molecule has 0 aliphatic rings. The van der Waals surface area contributed by atoms with E-state index in [-0.39, 0.29) is 0 Å². The van der Waals surface area contributed by atoms with Crippen molar-refractivity contribution in [2.45, 2.75) is 52.5 Å². The number of aromatic carboxylic acids is 1. The highest BCUT2D eigenvalue weighted by Crippen LogP contribution is 2.14. The summed E-state index contributed by atoms with van der Waals surface area (Å²) < 4.78 is 0. The van der Waals surface area contributed by atoms with Gasteiger partial charge in [0.2, 0.25) is 0 Å². The minimum Gasteiger partial charge on any atom is -0.478 e. The van der Waals surface area contributed by atoms with E-state index in [4.69, 9.17) is 5.11 Å². The number of nitrogens with one attached hydrogen (secondary N) is 1. The predicted molar refractivity (Wildman–Crippen MR) is 80.9 cm³/mol. The lowest BCUT2D eigenvalue weighted by Gasteiger charge is -2.05. The van der Waals surface area contributed by atoms with Crippen molar-refractivity contribution in [2.75, 3.05) is 6.54 Å². The van der Waals surface area contributed by atoms with Crippen LogP contribution in [0.25, 0.3) is 0 Å². The summed E-state index contributed by atoms with van der Waals surface area (Å²) in [6.07, 6.45) is 6.48. The number of hydrogen-bond acceptors (Lipinski definition) is 3. The summed E-state index contributed by atoms with van der Waals surface area (Å²) >= 11 is 1.51. The fraction of sp³-hybridized carbons (Fsp3) is 0.667. The number of hydrogen-bond donors (Lipinski definition) is 2. The summed E-state index contributed by atoms with van der Waals surface area (Å²) in [5.41, 5.74) is 0.399. The van der Waals surface area contributed by atoms with E-state index < -0.39 is 5.97 Å². The zero-order chi connectivity index (χ0) is 14.1. The molecule has 0 amide bonds. The molecular weight excluding hydrogens is 258 g/mol. The van der Waals surface area contributed by atoms with Gasteiger partial charge in [0.25, 0.3) is 0 Å². The van der Waals surface area contributed by atoms with E-state index in [9.17, 15) is 4.79 Å². The summed E-state index contributed by atoms with van der Waals surface area (Å²) in [6, 6.07) is 1.75. The molecule has 108 valence electrons. The van der Waals surface area contributed by atoms with Gasteiger partial charge >= 0.3 is 5.97 Å². The highest BCUT2D eigenvalue weighted by molar-refractivity contribution is 7.10. The second-order valence-corrected chi connectivity index (χ2v) is 6.38. The van der Waals surface area contributed by atoms with E-state index in [2.05, 4.69) is 19.2 Å². The quantitative estimate of drug-likeness (QED) is 0.634. The lowest BCUT2D eigenvalue weighted by atomic mass is 10.0. The fourth-order valence-electron chi connectivity index (χ4n) is 1.95. The first kappa shape index (κ1) is 16.2. The van der Waals surface area contributed by atoms with E-state index in [0.29, 0.717) is 5.56 Å². The molecule has 0 spiro atoms. The molecule has 0 saturated heterocycles. The van der Waals surface area contributed by atoms with Gasteiger partial charge in [0, 0.05) is 16.8 Å². The molecule has 0 unspecified atom stereocenters. The van der Waals surface area contributed by atoms with Gasteiger partial charge in [-0.05, 0) is 24.9 Å². The molecule has 3 nitrogen and oxygen atoms in total. The van der Waals surface area contributed by atoms with Gasteiger partial charge in [0.1, 0.15) is 0 Å². The molecule has 0 bridgehead atoms. The van der Waals surface area contributed by atoms with Crippen LogP contribution in [0.2, 0.25) is 0 Å². The number of unbranched alkanes of at least 4 members (excludes halogenated alkanes) is 3. The van der Waals surface area contributed by atoms with Crippen LogP contribution in [0.1, 0.15) is 61.2 Å². The number of thiophene rings is 1. The molecule has 2 N–H and O–H groups in total. The third-order valence-corrected chi connectivity index (χ3v) is 4.02. The Balaban J connectivity index is 2.00. The van der Waals surface area contributed by atoms with Crippen molar-refractivity contribution < 1.29 is 9.90 Å². The second kappa shape index (κ2) is 9.10. The summed E-state index contributed by atoms with van der Waals surface area (Å²) in [7, 11) is 0. The molecule has 0 aliphatic heterocycles. The van der Waals surface area contributed by atoms with Crippen molar-refractivity contribution >= 4 is 17.3 Å². The van der Waals surface area contributed by atoms with Crippen LogP contribution in [0, 0.1) is 5.92 Å². The van der Waals surface area contributed by atoms with Crippen LogP contribution in [0.15, 0.2) is 11.4 Å². The molecule has 0 saturated carbocycles. The highest BCUT2D eigenvalue weighted by atomic mass is 32.1. The number of carboxylic acids is 1. The average molecular weight is 283 g/mol. The van der Waals surface area contributed by atoms with Gasteiger partial charge in [0.05, 0.1) is 5.56 Å². The summed E-state index contributed by atoms with van der Waals surface area (Å²) in [5.74, 6) is -0.0203. The topological polar surface area (TPSA) is 49.3 Å². The maximum atomic E-state index is 10.7. The molecular formula is C15H25NO2S. The van der Waals surface area contributed by atoms with Gasteiger partial charge in [-0.1, -0.05) is 39.5 Å². The summed E-state index contributed by atoms with van der Waals surface area (Å²) in [4.78, 5) is 11.8. The number of carbonyl (C=O) groups is 1. The van der Waals surface area contributed by atoms with Crippen LogP contribution in [0.5, 0.6) is 0 Å². The smallest absolute Gasteiger partial charge is 0.336 e. The van der Waals surface area contributed by atoms with Crippen molar-refractivity contribution in [3.63, 3.8) is 0 Å². The molecule has 19 heavy (non-hydrogen) atoms. The van der Waals surface area contributed by atoms with Crippen molar-refractivity contribution in [2.24, 2.45) is 5.92 Å². The summed E-state index contributed by atoms with van der Waals surface area (Å²) in [5, 5.41) is 13.9. The summed E-state index contributed by atoms with van der Waals surface area (Å²) in [6.45, 7) is 6.34. The number of rotatable bonds is 10. The first-order valence-corrected chi connectivity index (χ1v) is 7.99. The zero-order valence-electron chi connectivity index (χ0n) is 11.9. The molecule has 4 heteroatoms. The Bertz CT molecular complexity index is 374. The fourth-order valence-corrected chi connectivity index (χ4v) is 2.78. The van der Waals surface area contributed by atoms with Gasteiger partial charge in [0.15, 0.2) is 0 Å². The lowest BCUT2D eigenvalue weighted by Crippen LogP contribution is -2.13. The first-order chi connectivity index (χ1) is 9.09. The normalized spacial score (nSPS) is 11.1. The highest BCUT2D eigenvalue weighted by Gasteiger charge is 2.05. The molecule has 1 aromatic rings. The maximum Gasteiger partial charge on any atom is 0.336 e. The molecule has 0 aliphatic carbocycles. The standard InChI is InChI=1S/C15H25NO2S/c1-12(2)7-5-3-4-6-8-16-10-14-9-13(11-19-14)15(17)18/h9,11-12,16H,3-8,10H2,1-2H3,(H,17,18). The van der Waals surface area contributed by atoms with E-state index in [1.807, 2.05) is 0 Å². The third kappa shape index (κ3) is 7.33. The Kier molecular flexibility index (Phi) is 7.75. The van der Waals surface area contributed by atoms with Gasteiger partial charge in [-0.2, -0.15) is 0 Å². The first-order valence-electron chi connectivity index (χ1n) is 7.11. The lowest BCUT2D eigenvalue weighted by molar-refractivity contribution is 0.0697. The van der Waals surface area contributed by atoms with Crippen molar-refractivity contribution in [3.05, 3.63) is 21.9 Å². The van der Waals surface area contributed by atoms with Gasteiger partial charge < -0.3 is 10.4 Å². The Hall–Kier alpha value is -0.870. The molecule has 0 fully saturated rings. The Morgan fingerprint density at radius 2 is 2.05 bits per heavy atom. The Morgan fingerprint density at radius 3 is 2.68 bits per heavy atom. The molecule has 0 aromatic carbocycles. The molecule has 0 atom stereocenters. The third-order valence-electron chi connectivity index (χ3n) is 3.08. The van der Waals surface area contributed by atoms with Crippen LogP contribution in [0.4, 0.5) is 0 Å². The predicted octanol–water partition coefficient (Wildman–Crippen LogP) is 4.14. The largest absolute Gasteiger partial charge is 0.478 e.